The van der Waals surface area contributed by atoms with Crippen LogP contribution in [0.2, 0.25) is 0 Å². The summed E-state index contributed by atoms with van der Waals surface area (Å²) in [7, 11) is 0. The Labute approximate surface area is 303 Å². The monoisotopic (exact) mass is 659 g/mol. The van der Waals surface area contributed by atoms with Gasteiger partial charge < -0.3 is 0 Å². The number of aromatic nitrogens is 1. The van der Waals surface area contributed by atoms with Gasteiger partial charge in [-0.2, -0.15) is 0 Å². The quantitative estimate of drug-likeness (QED) is 0.168. The van der Waals surface area contributed by atoms with Crippen LogP contribution in [0.3, 0.4) is 0 Å². The Kier molecular flexibility index (Phi) is 7.22. The minimum Gasteiger partial charge on any atom is -0.255 e. The fourth-order valence-corrected chi connectivity index (χ4v) is 7.96. The number of rotatable bonds is 5. The SMILES string of the molecule is c1ccc(-c2cnc(-c3ccccc3)c(-c3ccc4c(-c5ccc6ccccc6c5)c5ccccc5c(-c5ccc6ccccc6c5)c4c3)c2)cc1. The Bertz CT molecular complexity index is 2940. The molecule has 0 aliphatic heterocycles. The highest BCUT2D eigenvalue weighted by molar-refractivity contribution is 6.22. The molecule has 1 heterocycles. The molecule has 1 nitrogen and oxygen atoms in total. The second kappa shape index (κ2) is 12.5. The summed E-state index contributed by atoms with van der Waals surface area (Å²) in [5, 5.41) is 9.90. The number of hydrogen-bond acceptors (Lipinski definition) is 1. The molecule has 10 aromatic rings. The van der Waals surface area contributed by atoms with E-state index >= 15 is 0 Å². The second-order valence-electron chi connectivity index (χ2n) is 13.5. The van der Waals surface area contributed by atoms with E-state index in [-0.39, 0.29) is 0 Å². The van der Waals surface area contributed by atoms with Crippen LogP contribution in [0, 0.1) is 0 Å². The molecule has 9 aromatic carbocycles. The first-order chi connectivity index (χ1) is 25.8. The number of hydrogen-bond donors (Lipinski definition) is 0. The average molecular weight is 660 g/mol. The smallest absolute Gasteiger partial charge is 0.0780 e. The molecule has 242 valence electrons. The fraction of sp³-hybridized carbons (Fsp3) is 0. The van der Waals surface area contributed by atoms with Gasteiger partial charge >= 0.3 is 0 Å². The molecule has 0 aliphatic rings. The van der Waals surface area contributed by atoms with E-state index in [0.717, 1.165) is 33.5 Å². The van der Waals surface area contributed by atoms with Gasteiger partial charge in [0.25, 0.3) is 0 Å². The minimum absolute atomic E-state index is 0.974. The largest absolute Gasteiger partial charge is 0.255 e. The molecule has 0 saturated heterocycles. The van der Waals surface area contributed by atoms with Crippen LogP contribution >= 0.6 is 0 Å². The third kappa shape index (κ3) is 5.14. The Morgan fingerprint density at radius 3 is 1.37 bits per heavy atom. The Balaban J connectivity index is 1.31. The van der Waals surface area contributed by atoms with E-state index in [1.165, 1.54) is 65.3 Å². The van der Waals surface area contributed by atoms with Crippen molar-refractivity contribution < 1.29 is 0 Å². The molecule has 10 rings (SSSR count). The molecule has 1 aromatic heterocycles. The summed E-state index contributed by atoms with van der Waals surface area (Å²) in [5.41, 5.74) is 11.5. The summed E-state index contributed by atoms with van der Waals surface area (Å²) in [5.74, 6) is 0. The molecular formula is C51H33N. The van der Waals surface area contributed by atoms with Crippen molar-refractivity contribution in [3.05, 3.63) is 200 Å². The Morgan fingerprint density at radius 2 is 0.750 bits per heavy atom. The van der Waals surface area contributed by atoms with Gasteiger partial charge in [-0.25, -0.2) is 0 Å². The predicted molar refractivity (Wildman–Crippen MR) is 221 cm³/mol. The molecule has 0 N–H and O–H groups in total. The van der Waals surface area contributed by atoms with Gasteiger partial charge in [0, 0.05) is 22.9 Å². The van der Waals surface area contributed by atoms with E-state index in [1.807, 2.05) is 6.20 Å². The molecule has 0 bridgehead atoms. The lowest BCUT2D eigenvalue weighted by molar-refractivity contribution is 1.32. The maximum Gasteiger partial charge on any atom is 0.0780 e. The van der Waals surface area contributed by atoms with Gasteiger partial charge in [0.2, 0.25) is 0 Å². The van der Waals surface area contributed by atoms with Gasteiger partial charge in [0.05, 0.1) is 5.69 Å². The lowest BCUT2D eigenvalue weighted by atomic mass is 9.84. The molecule has 0 aliphatic carbocycles. The van der Waals surface area contributed by atoms with Crippen molar-refractivity contribution in [1.82, 2.24) is 4.98 Å². The summed E-state index contributed by atoms with van der Waals surface area (Å²) >= 11 is 0. The van der Waals surface area contributed by atoms with Crippen molar-refractivity contribution in [3.8, 4) is 55.8 Å². The summed E-state index contributed by atoms with van der Waals surface area (Å²) in [4.78, 5) is 5.14. The lowest BCUT2D eigenvalue weighted by Crippen LogP contribution is -1.94. The van der Waals surface area contributed by atoms with Gasteiger partial charge in [-0.1, -0.05) is 170 Å². The number of benzene rings is 9. The van der Waals surface area contributed by atoms with Crippen molar-refractivity contribution in [2.45, 2.75) is 0 Å². The molecule has 1 heteroatoms. The van der Waals surface area contributed by atoms with Crippen molar-refractivity contribution in [2.24, 2.45) is 0 Å². The van der Waals surface area contributed by atoms with Gasteiger partial charge in [-0.3, -0.25) is 4.98 Å². The van der Waals surface area contributed by atoms with Crippen LogP contribution in [0.25, 0.3) is 98.9 Å². The molecule has 0 radical (unpaired) electrons. The number of fused-ring (bicyclic) bond motifs is 4. The van der Waals surface area contributed by atoms with E-state index in [0.29, 0.717) is 0 Å². The van der Waals surface area contributed by atoms with Crippen LogP contribution in [0.5, 0.6) is 0 Å². The van der Waals surface area contributed by atoms with Crippen LogP contribution in [-0.2, 0) is 0 Å². The zero-order chi connectivity index (χ0) is 34.4. The summed E-state index contributed by atoms with van der Waals surface area (Å²) < 4.78 is 0. The second-order valence-corrected chi connectivity index (χ2v) is 13.5. The molecule has 0 unspecified atom stereocenters. The highest BCUT2D eigenvalue weighted by atomic mass is 14.7. The van der Waals surface area contributed by atoms with Gasteiger partial charge in [0.15, 0.2) is 0 Å². The van der Waals surface area contributed by atoms with Crippen LogP contribution in [0.1, 0.15) is 0 Å². The molecule has 0 spiro atoms. The zero-order valence-electron chi connectivity index (χ0n) is 28.5. The third-order valence-corrected chi connectivity index (χ3v) is 10.5. The first-order valence-corrected chi connectivity index (χ1v) is 17.9. The van der Waals surface area contributed by atoms with Gasteiger partial charge in [-0.15, -0.1) is 0 Å². The van der Waals surface area contributed by atoms with E-state index < -0.39 is 0 Å². The topological polar surface area (TPSA) is 12.9 Å². The normalized spacial score (nSPS) is 11.5. The zero-order valence-corrected chi connectivity index (χ0v) is 28.5. The average Bonchev–Trinajstić information content (AvgIpc) is 3.22. The summed E-state index contributed by atoms with van der Waals surface area (Å²) in [6, 6.07) is 70.4. The van der Waals surface area contributed by atoms with Crippen LogP contribution in [-0.4, -0.2) is 4.98 Å². The van der Waals surface area contributed by atoms with Crippen molar-refractivity contribution in [1.29, 1.82) is 0 Å². The summed E-state index contributed by atoms with van der Waals surface area (Å²) in [6.45, 7) is 0. The van der Waals surface area contributed by atoms with Crippen molar-refractivity contribution in [2.75, 3.05) is 0 Å². The third-order valence-electron chi connectivity index (χ3n) is 10.5. The number of nitrogens with zero attached hydrogens (tertiary/aromatic N) is 1. The van der Waals surface area contributed by atoms with Gasteiger partial charge in [-0.05, 0) is 101 Å². The minimum atomic E-state index is 0.974. The number of pyridine rings is 1. The Morgan fingerprint density at radius 1 is 0.269 bits per heavy atom. The highest BCUT2D eigenvalue weighted by Gasteiger charge is 2.20. The highest BCUT2D eigenvalue weighted by Crippen LogP contribution is 2.46. The van der Waals surface area contributed by atoms with E-state index in [1.54, 1.807) is 0 Å². The van der Waals surface area contributed by atoms with Crippen LogP contribution in [0.15, 0.2) is 200 Å². The molecule has 52 heavy (non-hydrogen) atoms. The first-order valence-electron chi connectivity index (χ1n) is 17.9. The maximum absolute atomic E-state index is 5.14. The molecular weight excluding hydrogens is 627 g/mol. The van der Waals surface area contributed by atoms with E-state index in [2.05, 4.69) is 194 Å². The maximum atomic E-state index is 5.14. The first kappa shape index (κ1) is 30.0. The van der Waals surface area contributed by atoms with E-state index in [9.17, 15) is 0 Å². The molecule has 0 amide bonds. The Hall–Kier alpha value is -6.83. The molecule has 0 fully saturated rings. The predicted octanol–water partition coefficient (Wildman–Crippen LogP) is 14.0. The standard InChI is InChI=1S/C51H33N/c1-3-13-34(14-4-1)43-32-47(51(52-33-43)37-17-5-2-6-18-37)40-27-28-46-48(31-40)50(42-26-24-36-16-8-10-20-39(36)30-42)45-22-12-11-21-44(45)49(46)41-25-23-35-15-7-9-19-38(35)29-41/h1-33H. The summed E-state index contributed by atoms with van der Waals surface area (Å²) in [6.07, 6.45) is 2.01. The van der Waals surface area contributed by atoms with Crippen molar-refractivity contribution >= 4 is 43.1 Å². The molecule has 0 saturated carbocycles. The fourth-order valence-electron chi connectivity index (χ4n) is 7.96. The van der Waals surface area contributed by atoms with Crippen LogP contribution in [0.4, 0.5) is 0 Å². The van der Waals surface area contributed by atoms with Crippen molar-refractivity contribution in [3.63, 3.8) is 0 Å². The lowest BCUT2D eigenvalue weighted by Gasteiger charge is -2.20. The van der Waals surface area contributed by atoms with Gasteiger partial charge in [0.1, 0.15) is 0 Å². The van der Waals surface area contributed by atoms with E-state index in [4.69, 9.17) is 4.98 Å². The van der Waals surface area contributed by atoms with Crippen LogP contribution < -0.4 is 0 Å². The molecule has 0 atom stereocenters.